The van der Waals surface area contributed by atoms with E-state index in [0.717, 1.165) is 0 Å². The average Bonchev–Trinajstić information content (AvgIpc) is 2.20. The minimum Gasteiger partial charge on any atom is -0.0586 e. The monoisotopic (exact) mass is 226 g/mol. The summed E-state index contributed by atoms with van der Waals surface area (Å²) in [5.74, 6) is 0.584. The Morgan fingerprint density at radius 3 is 1.71 bits per heavy atom. The van der Waals surface area contributed by atoms with Crippen LogP contribution >= 0.6 is 0 Å². The van der Waals surface area contributed by atoms with Crippen molar-refractivity contribution in [3.63, 3.8) is 0 Å². The quantitative estimate of drug-likeness (QED) is 0.627. The summed E-state index contributed by atoms with van der Waals surface area (Å²) in [6.07, 6.45) is 0. The van der Waals surface area contributed by atoms with Crippen LogP contribution in [0.5, 0.6) is 0 Å². The van der Waals surface area contributed by atoms with Gasteiger partial charge in [-0.1, -0.05) is 32.0 Å². The molecule has 0 aliphatic heterocycles. The van der Waals surface area contributed by atoms with E-state index in [4.69, 9.17) is 0 Å². The Labute approximate surface area is 105 Å². The van der Waals surface area contributed by atoms with Crippen molar-refractivity contribution in [2.24, 2.45) is 0 Å². The van der Waals surface area contributed by atoms with Crippen molar-refractivity contribution < 1.29 is 0 Å². The van der Waals surface area contributed by atoms with Gasteiger partial charge in [0.05, 0.1) is 0 Å². The van der Waals surface area contributed by atoms with Gasteiger partial charge in [0.25, 0.3) is 0 Å². The van der Waals surface area contributed by atoms with Crippen LogP contribution in [0.2, 0.25) is 0 Å². The van der Waals surface area contributed by atoms with Gasteiger partial charge in [0, 0.05) is 0 Å². The summed E-state index contributed by atoms with van der Waals surface area (Å²) >= 11 is 0. The van der Waals surface area contributed by atoms with E-state index in [1.165, 1.54) is 38.6 Å². The van der Waals surface area contributed by atoms with E-state index in [9.17, 15) is 0 Å². The van der Waals surface area contributed by atoms with Crippen LogP contribution in [0.4, 0.5) is 0 Å². The number of fused-ring (bicyclic) bond motifs is 1. The lowest BCUT2D eigenvalue weighted by molar-refractivity contribution is 0.866. The lowest BCUT2D eigenvalue weighted by Gasteiger charge is -2.17. The average molecular weight is 226 g/mol. The van der Waals surface area contributed by atoms with E-state index in [1.807, 2.05) is 0 Å². The molecule has 0 unspecified atom stereocenters. The highest BCUT2D eigenvalue weighted by molar-refractivity contribution is 5.91. The second-order valence-electron chi connectivity index (χ2n) is 5.56. The van der Waals surface area contributed by atoms with Gasteiger partial charge in [-0.05, 0) is 72.2 Å². The van der Waals surface area contributed by atoms with E-state index >= 15 is 0 Å². The normalized spacial score (nSPS) is 11.5. The van der Waals surface area contributed by atoms with Crippen LogP contribution in [0.3, 0.4) is 0 Å². The van der Waals surface area contributed by atoms with Crippen LogP contribution < -0.4 is 0 Å². The second kappa shape index (κ2) is 4.18. The van der Waals surface area contributed by atoms with Gasteiger partial charge in [0.2, 0.25) is 0 Å². The zero-order chi connectivity index (χ0) is 12.7. The fourth-order valence-electron chi connectivity index (χ4n) is 2.82. The SMILES string of the molecule is Cc1cc2c(C)cc(C)c(C(C)C)c2cc1C. The highest BCUT2D eigenvalue weighted by atomic mass is 14.2. The summed E-state index contributed by atoms with van der Waals surface area (Å²) in [6.45, 7) is 13.4. The number of hydrogen-bond donors (Lipinski definition) is 0. The van der Waals surface area contributed by atoms with Crippen molar-refractivity contribution in [3.05, 3.63) is 46.0 Å². The molecule has 2 aromatic rings. The first kappa shape index (κ1) is 12.2. The molecule has 0 saturated carbocycles. The van der Waals surface area contributed by atoms with Gasteiger partial charge in [-0.15, -0.1) is 0 Å². The van der Waals surface area contributed by atoms with Crippen LogP contribution in [0.25, 0.3) is 10.8 Å². The number of aryl methyl sites for hydroxylation is 4. The maximum absolute atomic E-state index is 2.36. The summed E-state index contributed by atoms with van der Waals surface area (Å²) in [5, 5.41) is 2.86. The van der Waals surface area contributed by atoms with Crippen LogP contribution in [0.15, 0.2) is 18.2 Å². The van der Waals surface area contributed by atoms with Crippen molar-refractivity contribution in [2.45, 2.75) is 47.5 Å². The molecule has 0 spiro atoms. The van der Waals surface area contributed by atoms with E-state index in [2.05, 4.69) is 59.7 Å². The molecule has 0 nitrogen and oxygen atoms in total. The maximum Gasteiger partial charge on any atom is -0.0141 e. The molecule has 90 valence electrons. The van der Waals surface area contributed by atoms with Gasteiger partial charge < -0.3 is 0 Å². The topological polar surface area (TPSA) is 0 Å². The van der Waals surface area contributed by atoms with Crippen LogP contribution in [-0.4, -0.2) is 0 Å². The highest BCUT2D eigenvalue weighted by Gasteiger charge is 2.11. The van der Waals surface area contributed by atoms with Crippen molar-refractivity contribution >= 4 is 10.8 Å². The zero-order valence-electron chi connectivity index (χ0n) is 11.8. The standard InChI is InChI=1S/C17H22/c1-10(2)17-14(6)7-13(5)15-8-11(3)12(4)9-16(15)17/h7-10H,1-6H3. The summed E-state index contributed by atoms with van der Waals surface area (Å²) in [5.41, 5.74) is 7.11. The Morgan fingerprint density at radius 1 is 0.647 bits per heavy atom. The van der Waals surface area contributed by atoms with Crippen molar-refractivity contribution in [2.75, 3.05) is 0 Å². The molecule has 0 radical (unpaired) electrons. The fraction of sp³-hybridized carbons (Fsp3) is 0.412. The molecule has 0 saturated heterocycles. The Kier molecular flexibility index (Phi) is 2.99. The predicted octanol–water partition coefficient (Wildman–Crippen LogP) is 5.20. The Morgan fingerprint density at radius 2 is 1.18 bits per heavy atom. The van der Waals surface area contributed by atoms with Gasteiger partial charge in [-0.25, -0.2) is 0 Å². The third-order valence-corrected chi connectivity index (χ3v) is 3.78. The second-order valence-corrected chi connectivity index (χ2v) is 5.56. The van der Waals surface area contributed by atoms with Crippen LogP contribution in [0, 0.1) is 27.7 Å². The third kappa shape index (κ3) is 1.97. The molecule has 2 rings (SSSR count). The molecule has 0 heteroatoms. The predicted molar refractivity (Wildman–Crippen MR) is 77.0 cm³/mol. The summed E-state index contributed by atoms with van der Waals surface area (Å²) in [6, 6.07) is 7.03. The molecule has 0 N–H and O–H groups in total. The largest absolute Gasteiger partial charge is 0.0586 e. The Bertz CT molecular complexity index is 574. The molecule has 0 heterocycles. The Balaban J connectivity index is 2.95. The maximum atomic E-state index is 2.36. The molecule has 0 aliphatic carbocycles. The molecular weight excluding hydrogens is 204 g/mol. The van der Waals surface area contributed by atoms with E-state index in [0.29, 0.717) is 5.92 Å². The van der Waals surface area contributed by atoms with Gasteiger partial charge in [0.15, 0.2) is 0 Å². The zero-order valence-corrected chi connectivity index (χ0v) is 11.8. The number of benzene rings is 2. The van der Waals surface area contributed by atoms with E-state index in [-0.39, 0.29) is 0 Å². The smallest absolute Gasteiger partial charge is 0.0141 e. The van der Waals surface area contributed by atoms with Gasteiger partial charge in [0.1, 0.15) is 0 Å². The Hall–Kier alpha value is -1.30. The molecule has 2 aromatic carbocycles. The third-order valence-electron chi connectivity index (χ3n) is 3.78. The molecule has 0 bridgehead atoms. The first-order chi connectivity index (χ1) is 7.91. The fourth-order valence-corrected chi connectivity index (χ4v) is 2.82. The van der Waals surface area contributed by atoms with Gasteiger partial charge >= 0.3 is 0 Å². The molecule has 0 aromatic heterocycles. The van der Waals surface area contributed by atoms with Crippen molar-refractivity contribution in [1.82, 2.24) is 0 Å². The minimum atomic E-state index is 0.584. The minimum absolute atomic E-state index is 0.584. The molecular formula is C17H22. The van der Waals surface area contributed by atoms with Crippen LogP contribution in [-0.2, 0) is 0 Å². The molecule has 0 fully saturated rings. The van der Waals surface area contributed by atoms with E-state index in [1.54, 1.807) is 0 Å². The molecule has 0 aliphatic rings. The number of rotatable bonds is 1. The van der Waals surface area contributed by atoms with Gasteiger partial charge in [-0.3, -0.25) is 0 Å². The lowest BCUT2D eigenvalue weighted by Crippen LogP contribution is -1.97. The van der Waals surface area contributed by atoms with Crippen molar-refractivity contribution in [1.29, 1.82) is 0 Å². The van der Waals surface area contributed by atoms with Gasteiger partial charge in [-0.2, -0.15) is 0 Å². The first-order valence-corrected chi connectivity index (χ1v) is 6.43. The summed E-state index contributed by atoms with van der Waals surface area (Å²) < 4.78 is 0. The summed E-state index contributed by atoms with van der Waals surface area (Å²) in [4.78, 5) is 0. The number of hydrogen-bond acceptors (Lipinski definition) is 0. The first-order valence-electron chi connectivity index (χ1n) is 6.43. The van der Waals surface area contributed by atoms with E-state index < -0.39 is 0 Å². The summed E-state index contributed by atoms with van der Waals surface area (Å²) in [7, 11) is 0. The van der Waals surface area contributed by atoms with Crippen molar-refractivity contribution in [3.8, 4) is 0 Å². The van der Waals surface area contributed by atoms with Crippen LogP contribution in [0.1, 0.15) is 47.6 Å². The molecule has 0 atom stereocenters. The highest BCUT2D eigenvalue weighted by Crippen LogP contribution is 2.32. The lowest BCUT2D eigenvalue weighted by atomic mass is 9.88. The molecule has 17 heavy (non-hydrogen) atoms. The molecule has 0 amide bonds.